The van der Waals surface area contributed by atoms with Crippen LogP contribution in [0.1, 0.15) is 5.82 Å². The monoisotopic (exact) mass is 372 g/mol. The van der Waals surface area contributed by atoms with Crippen molar-refractivity contribution in [2.24, 2.45) is 0 Å². The third-order valence-electron chi connectivity index (χ3n) is 3.26. The van der Waals surface area contributed by atoms with Crippen molar-refractivity contribution in [1.29, 1.82) is 0 Å². The highest BCUT2D eigenvalue weighted by molar-refractivity contribution is 7.99. The van der Waals surface area contributed by atoms with Crippen LogP contribution >= 0.6 is 23.1 Å². The minimum absolute atomic E-state index is 0.164. The second-order valence-corrected chi connectivity index (χ2v) is 6.94. The van der Waals surface area contributed by atoms with Gasteiger partial charge in [0.1, 0.15) is 10.4 Å². The van der Waals surface area contributed by atoms with Crippen LogP contribution < -0.4 is 5.32 Å². The largest absolute Gasteiger partial charge is 0.431 e. The molecule has 1 N–H and O–H groups in total. The number of amides is 1. The number of thioether (sulfide) groups is 1. The van der Waals surface area contributed by atoms with Gasteiger partial charge in [0, 0.05) is 0 Å². The van der Waals surface area contributed by atoms with Gasteiger partial charge in [0.2, 0.25) is 5.91 Å². The maximum absolute atomic E-state index is 12.2. The molecule has 3 heterocycles. The number of hydrogen-bond donors (Lipinski definition) is 1. The first-order valence-corrected chi connectivity index (χ1v) is 9.22. The number of hydrogen-bond acceptors (Lipinski definition) is 8. The van der Waals surface area contributed by atoms with Gasteiger partial charge in [-0.25, -0.2) is 4.98 Å². The summed E-state index contributed by atoms with van der Waals surface area (Å²) in [6.07, 6.45) is 0. The number of benzene rings is 1. The number of thiophene rings is 1. The number of nitrogens with zero attached hydrogens (tertiary/aromatic N) is 3. The molecule has 3 aromatic heterocycles. The van der Waals surface area contributed by atoms with Crippen molar-refractivity contribution in [3.63, 3.8) is 0 Å². The van der Waals surface area contributed by atoms with Crippen LogP contribution in [0.25, 0.3) is 21.9 Å². The average Bonchev–Trinajstić information content (AvgIpc) is 3.31. The fourth-order valence-corrected chi connectivity index (χ4v) is 3.60. The van der Waals surface area contributed by atoms with E-state index in [1.54, 1.807) is 6.92 Å². The first-order chi connectivity index (χ1) is 12.2. The Morgan fingerprint density at radius 1 is 1.28 bits per heavy atom. The highest BCUT2D eigenvalue weighted by atomic mass is 32.2. The van der Waals surface area contributed by atoms with Crippen molar-refractivity contribution in [1.82, 2.24) is 15.1 Å². The van der Waals surface area contributed by atoms with E-state index >= 15 is 0 Å². The predicted molar refractivity (Wildman–Crippen MR) is 95.7 cm³/mol. The van der Waals surface area contributed by atoms with E-state index in [4.69, 9.17) is 8.94 Å². The Bertz CT molecular complexity index is 1000. The molecule has 0 saturated heterocycles. The van der Waals surface area contributed by atoms with Crippen LogP contribution in [0.15, 0.2) is 49.9 Å². The molecule has 1 aromatic carbocycles. The number of carbonyl (C=O) groups is 1. The van der Waals surface area contributed by atoms with E-state index in [0.717, 1.165) is 10.4 Å². The Balaban J connectivity index is 1.42. The van der Waals surface area contributed by atoms with Crippen LogP contribution in [0.5, 0.6) is 0 Å². The molecule has 1 amide bonds. The van der Waals surface area contributed by atoms with E-state index in [1.165, 1.54) is 23.1 Å². The summed E-state index contributed by atoms with van der Waals surface area (Å²) in [5.41, 5.74) is 2.13. The number of oxazole rings is 1. The SMILES string of the molecule is Cc1noc(-c2sccc2NC(=O)CSc2nc3ccccc3o2)n1. The summed E-state index contributed by atoms with van der Waals surface area (Å²) >= 11 is 2.67. The molecule has 0 unspecified atom stereocenters. The topological polar surface area (TPSA) is 94.1 Å². The third-order valence-corrected chi connectivity index (χ3v) is 4.99. The summed E-state index contributed by atoms with van der Waals surface area (Å²) in [4.78, 5) is 21.5. The third kappa shape index (κ3) is 3.42. The molecular weight excluding hydrogens is 360 g/mol. The molecule has 0 fully saturated rings. The number of para-hydroxylation sites is 2. The Morgan fingerprint density at radius 3 is 2.96 bits per heavy atom. The predicted octanol–water partition coefficient (Wildman–Crippen LogP) is 3.98. The molecule has 0 aliphatic carbocycles. The molecule has 0 aliphatic rings. The molecule has 4 rings (SSSR count). The van der Waals surface area contributed by atoms with E-state index in [0.29, 0.717) is 28.2 Å². The van der Waals surface area contributed by atoms with Gasteiger partial charge in [-0.1, -0.05) is 29.1 Å². The molecule has 25 heavy (non-hydrogen) atoms. The number of nitrogens with one attached hydrogen (secondary N) is 1. The number of anilines is 1. The molecule has 0 saturated carbocycles. The van der Waals surface area contributed by atoms with Gasteiger partial charge in [0.25, 0.3) is 11.1 Å². The number of aryl methyl sites for hydroxylation is 1. The second kappa shape index (κ2) is 6.69. The van der Waals surface area contributed by atoms with Crippen molar-refractivity contribution in [3.05, 3.63) is 41.5 Å². The molecule has 0 aliphatic heterocycles. The lowest BCUT2D eigenvalue weighted by Crippen LogP contribution is -2.14. The molecule has 0 bridgehead atoms. The molecule has 0 atom stereocenters. The van der Waals surface area contributed by atoms with E-state index in [2.05, 4.69) is 20.4 Å². The molecule has 4 aromatic rings. The van der Waals surface area contributed by atoms with Gasteiger partial charge in [0.05, 0.1) is 11.4 Å². The molecular formula is C16H12N4O3S2. The van der Waals surface area contributed by atoms with Gasteiger partial charge in [0.15, 0.2) is 11.4 Å². The van der Waals surface area contributed by atoms with Gasteiger partial charge >= 0.3 is 0 Å². The van der Waals surface area contributed by atoms with Crippen LogP contribution in [0, 0.1) is 6.92 Å². The van der Waals surface area contributed by atoms with Gasteiger partial charge in [-0.2, -0.15) is 4.98 Å². The average molecular weight is 372 g/mol. The molecule has 7 nitrogen and oxygen atoms in total. The number of aromatic nitrogens is 3. The number of fused-ring (bicyclic) bond motifs is 1. The van der Waals surface area contributed by atoms with Crippen molar-refractivity contribution in [3.8, 4) is 10.8 Å². The zero-order valence-electron chi connectivity index (χ0n) is 13.1. The second-order valence-electron chi connectivity index (χ2n) is 5.09. The Labute approximate surface area is 150 Å². The minimum atomic E-state index is -0.164. The van der Waals surface area contributed by atoms with Gasteiger partial charge in [-0.15, -0.1) is 11.3 Å². The molecule has 126 valence electrons. The van der Waals surface area contributed by atoms with Gasteiger partial charge in [-0.05, 0) is 30.5 Å². The van der Waals surface area contributed by atoms with Crippen LogP contribution in [0.3, 0.4) is 0 Å². The molecule has 0 spiro atoms. The van der Waals surface area contributed by atoms with E-state index in [9.17, 15) is 4.79 Å². The summed E-state index contributed by atoms with van der Waals surface area (Å²) in [6, 6.07) is 9.29. The highest BCUT2D eigenvalue weighted by Gasteiger charge is 2.16. The van der Waals surface area contributed by atoms with Gasteiger partial charge < -0.3 is 14.3 Å². The summed E-state index contributed by atoms with van der Waals surface area (Å²) in [6.45, 7) is 1.75. The summed E-state index contributed by atoms with van der Waals surface area (Å²) in [5, 5.41) is 8.95. The quantitative estimate of drug-likeness (QED) is 0.530. The normalized spacial score (nSPS) is 11.1. The first kappa shape index (κ1) is 15.9. The molecule has 0 radical (unpaired) electrons. The Kier molecular flexibility index (Phi) is 4.24. The van der Waals surface area contributed by atoms with Crippen LogP contribution in [0.2, 0.25) is 0 Å². The summed E-state index contributed by atoms with van der Waals surface area (Å²) in [7, 11) is 0. The fraction of sp³-hybridized carbons (Fsp3) is 0.125. The van der Waals surface area contributed by atoms with Crippen LogP contribution in [-0.2, 0) is 4.79 Å². The Hall–Kier alpha value is -2.65. The lowest BCUT2D eigenvalue weighted by atomic mass is 10.3. The highest BCUT2D eigenvalue weighted by Crippen LogP contribution is 2.32. The first-order valence-electron chi connectivity index (χ1n) is 7.35. The smallest absolute Gasteiger partial charge is 0.270 e. The van der Waals surface area contributed by atoms with E-state index in [1.807, 2.05) is 35.7 Å². The van der Waals surface area contributed by atoms with Crippen molar-refractivity contribution >= 4 is 45.8 Å². The summed E-state index contributed by atoms with van der Waals surface area (Å²) < 4.78 is 10.8. The minimum Gasteiger partial charge on any atom is -0.431 e. The number of carbonyl (C=O) groups excluding carboxylic acids is 1. The number of rotatable bonds is 5. The van der Waals surface area contributed by atoms with Crippen molar-refractivity contribution < 1.29 is 13.7 Å². The molecule has 9 heteroatoms. The van der Waals surface area contributed by atoms with E-state index < -0.39 is 0 Å². The van der Waals surface area contributed by atoms with Gasteiger partial charge in [-0.3, -0.25) is 4.79 Å². The zero-order valence-corrected chi connectivity index (χ0v) is 14.7. The van der Waals surface area contributed by atoms with Crippen molar-refractivity contribution in [2.75, 3.05) is 11.1 Å². The summed E-state index contributed by atoms with van der Waals surface area (Å²) in [5.74, 6) is 0.968. The lowest BCUT2D eigenvalue weighted by molar-refractivity contribution is -0.113. The fourth-order valence-electron chi connectivity index (χ4n) is 2.19. The lowest BCUT2D eigenvalue weighted by Gasteiger charge is -2.03. The van der Waals surface area contributed by atoms with Crippen LogP contribution in [0.4, 0.5) is 5.69 Å². The van der Waals surface area contributed by atoms with E-state index in [-0.39, 0.29) is 11.7 Å². The maximum Gasteiger partial charge on any atom is 0.270 e. The van der Waals surface area contributed by atoms with Crippen molar-refractivity contribution in [2.45, 2.75) is 12.1 Å². The standard InChI is InChI=1S/C16H12N4O3S2/c1-9-17-15(23-20-9)14-11(6-7-24-14)18-13(21)8-25-16-19-10-4-2-3-5-12(10)22-16/h2-7H,8H2,1H3,(H,18,21). The zero-order chi connectivity index (χ0) is 17.2. The maximum atomic E-state index is 12.2. The Morgan fingerprint density at radius 2 is 2.16 bits per heavy atom. The van der Waals surface area contributed by atoms with Crippen LogP contribution in [-0.4, -0.2) is 26.8 Å².